The maximum absolute atomic E-state index is 12.6. The number of aliphatic imine (C=N–C) groups is 1. The number of halogens is 1. The molecule has 0 bridgehead atoms. The van der Waals surface area contributed by atoms with Crippen molar-refractivity contribution in [2.45, 2.75) is 19.4 Å². The first-order chi connectivity index (χ1) is 15.3. The highest BCUT2D eigenvalue weighted by Gasteiger charge is 2.32. The molecule has 9 heteroatoms. The SMILES string of the molecule is CNCCNC(=O)C[C@@H]1N=C(c2ccc(Cl)cc2)c2cc(OC)ccc2N(C(C)=N)C1=N. The quantitative estimate of drug-likeness (QED) is 0.292. The molecule has 0 saturated carbocycles. The third-order valence-electron chi connectivity index (χ3n) is 5.07. The van der Waals surface area contributed by atoms with Crippen LogP contribution in [0.5, 0.6) is 5.75 Å². The summed E-state index contributed by atoms with van der Waals surface area (Å²) >= 11 is 6.09. The number of anilines is 1. The Labute approximate surface area is 192 Å². The van der Waals surface area contributed by atoms with Gasteiger partial charge in [-0.3, -0.25) is 25.5 Å². The number of ether oxygens (including phenoxy) is 1. The lowest BCUT2D eigenvalue weighted by Crippen LogP contribution is -2.42. The number of amidine groups is 2. The number of benzene rings is 2. The molecule has 0 radical (unpaired) electrons. The topological polar surface area (TPSA) is 114 Å². The lowest BCUT2D eigenvalue weighted by molar-refractivity contribution is -0.121. The van der Waals surface area contributed by atoms with Crippen LogP contribution in [0.25, 0.3) is 0 Å². The zero-order valence-corrected chi connectivity index (χ0v) is 19.1. The Morgan fingerprint density at radius 2 is 1.94 bits per heavy atom. The second-order valence-corrected chi connectivity index (χ2v) is 7.78. The zero-order chi connectivity index (χ0) is 23.3. The van der Waals surface area contributed by atoms with Gasteiger partial charge in [-0.05, 0) is 44.3 Å². The highest BCUT2D eigenvalue weighted by atomic mass is 35.5. The number of methoxy groups -OCH3 is 1. The number of likely N-dealkylation sites (N-methyl/N-ethyl adjacent to an activating group) is 1. The average molecular weight is 455 g/mol. The molecule has 2 aromatic carbocycles. The molecule has 0 unspecified atom stereocenters. The first-order valence-corrected chi connectivity index (χ1v) is 10.6. The van der Waals surface area contributed by atoms with E-state index >= 15 is 0 Å². The Balaban J connectivity index is 2.13. The van der Waals surface area contributed by atoms with Gasteiger partial charge in [-0.15, -0.1) is 0 Å². The highest BCUT2D eigenvalue weighted by Crippen LogP contribution is 2.33. The second-order valence-electron chi connectivity index (χ2n) is 7.35. The summed E-state index contributed by atoms with van der Waals surface area (Å²) in [7, 11) is 3.39. The molecule has 1 heterocycles. The van der Waals surface area contributed by atoms with Crippen molar-refractivity contribution in [3.8, 4) is 5.75 Å². The molecule has 4 N–H and O–H groups in total. The van der Waals surface area contributed by atoms with Crippen molar-refractivity contribution in [3.05, 3.63) is 58.6 Å². The van der Waals surface area contributed by atoms with E-state index in [1.165, 1.54) is 4.90 Å². The van der Waals surface area contributed by atoms with Gasteiger partial charge in [0.25, 0.3) is 0 Å². The van der Waals surface area contributed by atoms with Gasteiger partial charge in [0.05, 0.1) is 24.9 Å². The van der Waals surface area contributed by atoms with Crippen molar-refractivity contribution < 1.29 is 9.53 Å². The fraction of sp³-hybridized carbons (Fsp3) is 0.304. The van der Waals surface area contributed by atoms with Crippen LogP contribution in [-0.2, 0) is 4.79 Å². The van der Waals surface area contributed by atoms with Gasteiger partial charge in [0, 0.05) is 29.2 Å². The molecule has 1 aliphatic heterocycles. The molecule has 0 aromatic heterocycles. The van der Waals surface area contributed by atoms with Crippen LogP contribution in [0.15, 0.2) is 47.5 Å². The van der Waals surface area contributed by atoms with E-state index < -0.39 is 6.04 Å². The van der Waals surface area contributed by atoms with Gasteiger partial charge < -0.3 is 15.4 Å². The third-order valence-corrected chi connectivity index (χ3v) is 5.32. The van der Waals surface area contributed by atoms with Gasteiger partial charge in [0.1, 0.15) is 23.5 Å². The van der Waals surface area contributed by atoms with Crippen LogP contribution in [0.1, 0.15) is 24.5 Å². The first kappa shape index (κ1) is 23.4. The van der Waals surface area contributed by atoms with Gasteiger partial charge in [0.2, 0.25) is 5.91 Å². The summed E-state index contributed by atoms with van der Waals surface area (Å²) in [6.07, 6.45) is -0.00542. The van der Waals surface area contributed by atoms with Crippen LogP contribution in [-0.4, -0.2) is 56.6 Å². The number of rotatable bonds is 7. The maximum Gasteiger partial charge on any atom is 0.222 e. The number of fused-ring (bicyclic) bond motifs is 1. The molecule has 0 aliphatic carbocycles. The number of hydrogen-bond donors (Lipinski definition) is 4. The van der Waals surface area contributed by atoms with E-state index in [9.17, 15) is 4.79 Å². The molecular formula is C23H27ClN6O2. The summed E-state index contributed by atoms with van der Waals surface area (Å²) in [6, 6.07) is 11.9. The molecule has 0 fully saturated rings. The Kier molecular flexibility index (Phi) is 7.61. The first-order valence-electron chi connectivity index (χ1n) is 10.2. The van der Waals surface area contributed by atoms with Crippen molar-refractivity contribution in [3.63, 3.8) is 0 Å². The van der Waals surface area contributed by atoms with Crippen molar-refractivity contribution in [1.29, 1.82) is 10.8 Å². The number of carbonyl (C=O) groups is 1. The Morgan fingerprint density at radius 1 is 1.22 bits per heavy atom. The molecule has 1 aliphatic rings. The van der Waals surface area contributed by atoms with Gasteiger partial charge in [-0.1, -0.05) is 23.7 Å². The molecule has 1 amide bonds. The summed E-state index contributed by atoms with van der Waals surface area (Å²) in [5.41, 5.74) is 2.75. The van der Waals surface area contributed by atoms with E-state index in [1.54, 1.807) is 32.2 Å². The largest absolute Gasteiger partial charge is 0.497 e. The lowest BCUT2D eigenvalue weighted by Gasteiger charge is -2.26. The maximum atomic E-state index is 12.6. The molecule has 2 aromatic rings. The van der Waals surface area contributed by atoms with E-state index in [4.69, 9.17) is 32.1 Å². The van der Waals surface area contributed by atoms with Gasteiger partial charge in [-0.2, -0.15) is 0 Å². The molecule has 0 spiro atoms. The number of amides is 1. The molecule has 3 rings (SSSR count). The predicted molar refractivity (Wildman–Crippen MR) is 129 cm³/mol. The molecule has 8 nitrogen and oxygen atoms in total. The van der Waals surface area contributed by atoms with Crippen molar-refractivity contribution >= 4 is 40.6 Å². The molecule has 1 atom stereocenters. The minimum atomic E-state index is -0.769. The zero-order valence-electron chi connectivity index (χ0n) is 18.3. The highest BCUT2D eigenvalue weighted by molar-refractivity contribution is 6.31. The van der Waals surface area contributed by atoms with Crippen molar-refractivity contribution in [2.24, 2.45) is 4.99 Å². The van der Waals surface area contributed by atoms with Crippen LogP contribution in [0.4, 0.5) is 5.69 Å². The van der Waals surface area contributed by atoms with Crippen molar-refractivity contribution in [1.82, 2.24) is 10.6 Å². The van der Waals surface area contributed by atoms with Crippen molar-refractivity contribution in [2.75, 3.05) is 32.1 Å². The number of hydrogen-bond acceptors (Lipinski definition) is 6. The monoisotopic (exact) mass is 454 g/mol. The summed E-state index contributed by atoms with van der Waals surface area (Å²) in [5.74, 6) is 0.648. The van der Waals surface area contributed by atoms with E-state index in [2.05, 4.69) is 10.6 Å². The fourth-order valence-electron chi connectivity index (χ4n) is 3.51. The number of carbonyl (C=O) groups excluding carboxylic acids is 1. The number of nitrogens with one attached hydrogen (secondary N) is 4. The van der Waals surface area contributed by atoms with Gasteiger partial charge in [-0.25, -0.2) is 0 Å². The second kappa shape index (κ2) is 10.4. The van der Waals surface area contributed by atoms with Crippen LogP contribution < -0.4 is 20.3 Å². The van der Waals surface area contributed by atoms with Crippen LogP contribution >= 0.6 is 11.6 Å². The minimum absolute atomic E-state index is 0.00542. The molecule has 0 saturated heterocycles. The smallest absolute Gasteiger partial charge is 0.222 e. The Morgan fingerprint density at radius 3 is 2.56 bits per heavy atom. The summed E-state index contributed by atoms with van der Waals surface area (Å²) in [6.45, 7) is 2.73. The van der Waals surface area contributed by atoms with Gasteiger partial charge in [0.15, 0.2) is 0 Å². The average Bonchev–Trinajstić information content (AvgIpc) is 2.88. The van der Waals surface area contributed by atoms with E-state index in [0.717, 1.165) is 5.56 Å². The van der Waals surface area contributed by atoms with Gasteiger partial charge >= 0.3 is 0 Å². The summed E-state index contributed by atoms with van der Waals surface area (Å²) < 4.78 is 5.42. The predicted octanol–water partition coefficient (Wildman–Crippen LogP) is 3.07. The van der Waals surface area contributed by atoms with E-state index in [1.807, 2.05) is 31.3 Å². The normalized spacial score (nSPS) is 15.5. The third kappa shape index (κ3) is 5.15. The summed E-state index contributed by atoms with van der Waals surface area (Å²) in [5, 5.41) is 23.6. The molecule has 32 heavy (non-hydrogen) atoms. The van der Waals surface area contributed by atoms with E-state index in [-0.39, 0.29) is 24.0 Å². The molecular weight excluding hydrogens is 428 g/mol. The standard InChI is InChI=1S/C23H27ClN6O2/c1-14(25)30-20-9-8-17(32-3)12-18(20)22(15-4-6-16(24)7-5-15)29-19(23(30)26)13-21(31)28-11-10-27-2/h4-9,12,19,25-27H,10-11,13H2,1-3H3,(H,28,31)/t19-/m0/s1. The van der Waals surface area contributed by atoms with E-state index in [0.29, 0.717) is 40.8 Å². The summed E-state index contributed by atoms with van der Waals surface area (Å²) in [4.78, 5) is 18.9. The minimum Gasteiger partial charge on any atom is -0.497 e. The van der Waals surface area contributed by atoms with Crippen LogP contribution in [0.2, 0.25) is 5.02 Å². The molecule has 168 valence electrons. The fourth-order valence-corrected chi connectivity index (χ4v) is 3.63. The Bertz CT molecular complexity index is 1050. The number of benzodiazepines with no additional fused rings is 1. The Hall–Kier alpha value is -3.23. The van der Waals surface area contributed by atoms with Crippen LogP contribution in [0.3, 0.4) is 0 Å². The number of nitrogens with zero attached hydrogens (tertiary/aromatic N) is 2. The van der Waals surface area contributed by atoms with Crippen LogP contribution in [0, 0.1) is 10.8 Å². The lowest BCUT2D eigenvalue weighted by atomic mass is 9.99.